The van der Waals surface area contributed by atoms with E-state index in [1.54, 1.807) is 0 Å². The first kappa shape index (κ1) is 10.7. The molecule has 0 radical (unpaired) electrons. The van der Waals surface area contributed by atoms with Gasteiger partial charge in [-0.05, 0) is 25.7 Å². The highest BCUT2D eigenvalue weighted by atomic mass is 16.5. The predicted octanol–water partition coefficient (Wildman–Crippen LogP) is 1.67. The van der Waals surface area contributed by atoms with E-state index >= 15 is 0 Å². The summed E-state index contributed by atoms with van der Waals surface area (Å²) < 4.78 is 4.83. The third-order valence-electron chi connectivity index (χ3n) is 4.00. The Labute approximate surface area is 100.0 Å². The number of nitrogens with zero attached hydrogens (tertiary/aromatic N) is 2. The fourth-order valence-corrected chi connectivity index (χ4v) is 2.71. The van der Waals surface area contributed by atoms with Crippen molar-refractivity contribution in [2.75, 3.05) is 7.11 Å². The van der Waals surface area contributed by atoms with Crippen molar-refractivity contribution in [1.82, 2.24) is 15.2 Å². The summed E-state index contributed by atoms with van der Waals surface area (Å²) >= 11 is 0. The summed E-state index contributed by atoms with van der Waals surface area (Å²) in [5.41, 5.74) is -0.540. The molecule has 0 unspecified atom stereocenters. The molecule has 2 aliphatic rings. The standard InChI is InChI=1S/C12H17N3O2/c1-17-11(16)12(6-7-12)10-13-9(14-15-10)8-4-2-3-5-8/h8H,2-7H2,1H3,(H,13,14,15). The lowest BCUT2D eigenvalue weighted by Crippen LogP contribution is -2.23. The molecule has 92 valence electrons. The maximum atomic E-state index is 11.7. The van der Waals surface area contributed by atoms with E-state index in [-0.39, 0.29) is 5.97 Å². The van der Waals surface area contributed by atoms with Gasteiger partial charge >= 0.3 is 5.97 Å². The fraction of sp³-hybridized carbons (Fsp3) is 0.750. The topological polar surface area (TPSA) is 67.9 Å². The van der Waals surface area contributed by atoms with Crippen molar-refractivity contribution >= 4 is 5.97 Å². The van der Waals surface area contributed by atoms with Crippen LogP contribution in [0.5, 0.6) is 0 Å². The Hall–Kier alpha value is -1.39. The van der Waals surface area contributed by atoms with Crippen LogP contribution in [0.2, 0.25) is 0 Å². The van der Waals surface area contributed by atoms with Gasteiger partial charge in [0.1, 0.15) is 11.2 Å². The van der Waals surface area contributed by atoms with Crippen LogP contribution in [0.3, 0.4) is 0 Å². The van der Waals surface area contributed by atoms with Crippen molar-refractivity contribution in [3.8, 4) is 0 Å². The first-order valence-corrected chi connectivity index (χ1v) is 6.27. The van der Waals surface area contributed by atoms with Gasteiger partial charge in [0.25, 0.3) is 0 Å². The van der Waals surface area contributed by atoms with Crippen LogP contribution >= 0.6 is 0 Å². The maximum absolute atomic E-state index is 11.7. The minimum Gasteiger partial charge on any atom is -0.468 e. The summed E-state index contributed by atoms with van der Waals surface area (Å²) in [6, 6.07) is 0. The normalized spacial score (nSPS) is 22.6. The molecule has 2 fully saturated rings. The zero-order valence-corrected chi connectivity index (χ0v) is 10.0. The van der Waals surface area contributed by atoms with E-state index in [0.29, 0.717) is 11.7 Å². The minimum absolute atomic E-state index is 0.200. The van der Waals surface area contributed by atoms with Gasteiger partial charge in [-0.1, -0.05) is 12.8 Å². The van der Waals surface area contributed by atoms with Crippen LogP contribution in [0.1, 0.15) is 56.1 Å². The van der Waals surface area contributed by atoms with Gasteiger partial charge in [0.2, 0.25) is 0 Å². The molecule has 0 amide bonds. The lowest BCUT2D eigenvalue weighted by atomic mass is 10.1. The van der Waals surface area contributed by atoms with Crippen molar-refractivity contribution in [2.24, 2.45) is 0 Å². The highest BCUT2D eigenvalue weighted by Gasteiger charge is 2.56. The van der Waals surface area contributed by atoms with Crippen LogP contribution in [-0.4, -0.2) is 28.3 Å². The van der Waals surface area contributed by atoms with Crippen molar-refractivity contribution in [3.05, 3.63) is 11.6 Å². The molecule has 1 N–H and O–H groups in total. The number of carbonyl (C=O) groups is 1. The molecule has 0 aliphatic heterocycles. The zero-order valence-electron chi connectivity index (χ0n) is 10.0. The Morgan fingerprint density at radius 2 is 2.12 bits per heavy atom. The smallest absolute Gasteiger partial charge is 0.319 e. The number of H-pyrrole nitrogens is 1. The molecule has 5 nitrogen and oxygen atoms in total. The Bertz CT molecular complexity index is 431. The number of aromatic nitrogens is 3. The Morgan fingerprint density at radius 3 is 2.71 bits per heavy atom. The van der Waals surface area contributed by atoms with Crippen molar-refractivity contribution in [3.63, 3.8) is 0 Å². The summed E-state index contributed by atoms with van der Waals surface area (Å²) in [5, 5.41) is 7.23. The maximum Gasteiger partial charge on any atom is 0.319 e. The average Bonchev–Trinajstić information content (AvgIpc) is 2.84. The Kier molecular flexibility index (Phi) is 2.42. The summed E-state index contributed by atoms with van der Waals surface area (Å²) in [6.45, 7) is 0. The largest absolute Gasteiger partial charge is 0.468 e. The fourth-order valence-electron chi connectivity index (χ4n) is 2.71. The van der Waals surface area contributed by atoms with Gasteiger partial charge in [-0.3, -0.25) is 9.89 Å². The molecule has 0 bridgehead atoms. The van der Waals surface area contributed by atoms with Gasteiger partial charge in [0.05, 0.1) is 7.11 Å². The molecule has 0 saturated heterocycles. The SMILES string of the molecule is COC(=O)C1(c2n[nH]c(C3CCCC3)n2)CC1. The van der Waals surface area contributed by atoms with Crippen molar-refractivity contribution < 1.29 is 9.53 Å². The molecule has 5 heteroatoms. The number of ether oxygens (including phenoxy) is 1. The second kappa shape index (κ2) is 3.82. The lowest BCUT2D eigenvalue weighted by Gasteiger charge is -2.07. The first-order valence-electron chi connectivity index (χ1n) is 6.27. The van der Waals surface area contributed by atoms with E-state index in [2.05, 4.69) is 15.2 Å². The third kappa shape index (κ3) is 1.64. The summed E-state index contributed by atoms with van der Waals surface area (Å²) in [5.74, 6) is 1.89. The monoisotopic (exact) mass is 235 g/mol. The summed E-state index contributed by atoms with van der Waals surface area (Å²) in [6.07, 6.45) is 6.51. The van der Waals surface area contributed by atoms with Crippen LogP contribution in [0, 0.1) is 0 Å². The van der Waals surface area contributed by atoms with Gasteiger partial charge in [-0.15, -0.1) is 0 Å². The van der Waals surface area contributed by atoms with Crippen LogP contribution in [0.4, 0.5) is 0 Å². The molecule has 1 aromatic rings. The van der Waals surface area contributed by atoms with E-state index in [1.165, 1.54) is 32.8 Å². The highest BCUT2D eigenvalue weighted by Crippen LogP contribution is 2.48. The van der Waals surface area contributed by atoms with Gasteiger partial charge in [0, 0.05) is 5.92 Å². The molecule has 0 spiro atoms. The lowest BCUT2D eigenvalue weighted by molar-refractivity contribution is -0.143. The molecule has 3 rings (SSSR count). The Balaban J connectivity index is 1.83. The summed E-state index contributed by atoms with van der Waals surface area (Å²) in [4.78, 5) is 16.2. The predicted molar refractivity (Wildman–Crippen MR) is 60.5 cm³/mol. The number of rotatable bonds is 3. The third-order valence-corrected chi connectivity index (χ3v) is 4.00. The molecular formula is C12H17N3O2. The van der Waals surface area contributed by atoms with Crippen molar-refractivity contribution in [1.29, 1.82) is 0 Å². The molecular weight excluding hydrogens is 218 g/mol. The number of hydrogen-bond acceptors (Lipinski definition) is 4. The molecule has 2 saturated carbocycles. The minimum atomic E-state index is -0.540. The van der Waals surface area contributed by atoms with E-state index in [0.717, 1.165) is 18.7 Å². The van der Waals surface area contributed by atoms with Crippen molar-refractivity contribution in [2.45, 2.75) is 49.9 Å². The summed E-state index contributed by atoms with van der Waals surface area (Å²) in [7, 11) is 1.42. The number of carbonyl (C=O) groups excluding carboxylic acids is 1. The highest BCUT2D eigenvalue weighted by molar-refractivity contribution is 5.85. The van der Waals surface area contributed by atoms with E-state index in [9.17, 15) is 4.79 Å². The molecule has 1 heterocycles. The Morgan fingerprint density at radius 1 is 1.41 bits per heavy atom. The molecule has 2 aliphatic carbocycles. The number of esters is 1. The van der Waals surface area contributed by atoms with Crippen LogP contribution in [0.25, 0.3) is 0 Å². The molecule has 1 aromatic heterocycles. The quantitative estimate of drug-likeness (QED) is 0.809. The first-order chi connectivity index (χ1) is 8.26. The molecule has 17 heavy (non-hydrogen) atoms. The van der Waals surface area contributed by atoms with E-state index < -0.39 is 5.41 Å². The average molecular weight is 235 g/mol. The van der Waals surface area contributed by atoms with E-state index in [1.807, 2.05) is 0 Å². The second-order valence-electron chi connectivity index (χ2n) is 5.10. The van der Waals surface area contributed by atoms with Crippen LogP contribution in [0.15, 0.2) is 0 Å². The van der Waals surface area contributed by atoms with Crippen LogP contribution < -0.4 is 0 Å². The van der Waals surface area contributed by atoms with Gasteiger partial charge in [0.15, 0.2) is 5.82 Å². The number of hydrogen-bond donors (Lipinski definition) is 1. The van der Waals surface area contributed by atoms with Gasteiger partial charge < -0.3 is 4.74 Å². The van der Waals surface area contributed by atoms with E-state index in [4.69, 9.17) is 4.74 Å². The molecule has 0 atom stereocenters. The number of methoxy groups -OCH3 is 1. The number of nitrogens with one attached hydrogen (secondary N) is 1. The van der Waals surface area contributed by atoms with Gasteiger partial charge in [-0.2, -0.15) is 5.10 Å². The second-order valence-corrected chi connectivity index (χ2v) is 5.10. The van der Waals surface area contributed by atoms with Gasteiger partial charge in [-0.25, -0.2) is 4.98 Å². The molecule has 0 aromatic carbocycles. The van der Waals surface area contributed by atoms with Crippen LogP contribution in [-0.2, 0) is 14.9 Å². The zero-order chi connectivity index (χ0) is 11.9. The number of aromatic amines is 1.